The Kier molecular flexibility index (Phi) is 3.97. The first kappa shape index (κ1) is 15.0. The van der Waals surface area contributed by atoms with Gasteiger partial charge in [0.15, 0.2) is 0 Å². The van der Waals surface area contributed by atoms with Gasteiger partial charge in [-0.1, -0.05) is 0 Å². The molecule has 0 atom stereocenters. The molecule has 8 heteroatoms. The summed E-state index contributed by atoms with van der Waals surface area (Å²) in [6, 6.07) is 1.43. The van der Waals surface area contributed by atoms with Crippen molar-refractivity contribution in [2.45, 2.75) is 26.4 Å². The number of carbonyl (C=O) groups is 1. The van der Waals surface area contributed by atoms with E-state index in [9.17, 15) is 18.0 Å². The zero-order chi connectivity index (χ0) is 15.6. The molecule has 112 valence electrons. The molecule has 2 aromatic heterocycles. The lowest BCUT2D eigenvalue weighted by Gasteiger charge is -2.09. The standard InChI is InChI=1S/C13H12F3N3O2/c1-7-5-17-10(19-11(20)4-13(14,15)16)3-9(7)12-18-8(2)6-21-12/h3,5-6H,4H2,1-2H3,(H,17,19,20). The van der Waals surface area contributed by atoms with E-state index in [1.54, 1.807) is 13.8 Å². The maximum Gasteiger partial charge on any atom is 0.397 e. The molecule has 0 aromatic carbocycles. The number of carbonyl (C=O) groups excluding carboxylic acids is 1. The lowest BCUT2D eigenvalue weighted by Crippen LogP contribution is -2.21. The van der Waals surface area contributed by atoms with E-state index in [0.717, 1.165) is 5.56 Å². The van der Waals surface area contributed by atoms with Crippen molar-refractivity contribution in [3.63, 3.8) is 0 Å². The highest BCUT2D eigenvalue weighted by Crippen LogP contribution is 2.25. The van der Waals surface area contributed by atoms with Crippen LogP contribution in [0.1, 0.15) is 17.7 Å². The van der Waals surface area contributed by atoms with Gasteiger partial charge in [0.05, 0.1) is 5.69 Å². The van der Waals surface area contributed by atoms with Crippen molar-refractivity contribution >= 4 is 11.7 Å². The van der Waals surface area contributed by atoms with Crippen molar-refractivity contribution in [3.05, 3.63) is 29.8 Å². The molecule has 0 spiro atoms. The van der Waals surface area contributed by atoms with Gasteiger partial charge in [0, 0.05) is 11.8 Å². The van der Waals surface area contributed by atoms with E-state index >= 15 is 0 Å². The molecule has 5 nitrogen and oxygen atoms in total. The molecule has 0 saturated heterocycles. The number of hydrogen-bond acceptors (Lipinski definition) is 4. The molecular formula is C13H12F3N3O2. The number of oxazole rings is 1. The average Bonchev–Trinajstić information content (AvgIpc) is 2.76. The minimum absolute atomic E-state index is 0.0145. The van der Waals surface area contributed by atoms with Gasteiger partial charge in [-0.2, -0.15) is 13.2 Å². The number of aromatic nitrogens is 2. The third kappa shape index (κ3) is 4.04. The molecule has 0 aliphatic carbocycles. The maximum atomic E-state index is 12.1. The van der Waals surface area contributed by atoms with E-state index in [1.165, 1.54) is 18.5 Å². The van der Waals surface area contributed by atoms with E-state index < -0.39 is 18.5 Å². The first-order chi connectivity index (χ1) is 9.74. The molecule has 1 amide bonds. The number of aryl methyl sites for hydroxylation is 2. The first-order valence-electron chi connectivity index (χ1n) is 6.00. The third-order valence-electron chi connectivity index (χ3n) is 2.58. The quantitative estimate of drug-likeness (QED) is 0.944. The Morgan fingerprint density at radius 1 is 1.38 bits per heavy atom. The summed E-state index contributed by atoms with van der Waals surface area (Å²) < 4.78 is 41.6. The molecule has 0 unspecified atom stereocenters. The summed E-state index contributed by atoms with van der Waals surface area (Å²) in [5.41, 5.74) is 1.95. The van der Waals surface area contributed by atoms with Crippen molar-refractivity contribution in [2.24, 2.45) is 0 Å². The first-order valence-corrected chi connectivity index (χ1v) is 6.00. The number of amides is 1. The van der Waals surface area contributed by atoms with Crippen molar-refractivity contribution in [2.75, 3.05) is 5.32 Å². The number of nitrogens with zero attached hydrogens (tertiary/aromatic N) is 2. The van der Waals surface area contributed by atoms with Crippen molar-refractivity contribution in [1.82, 2.24) is 9.97 Å². The number of hydrogen-bond donors (Lipinski definition) is 1. The van der Waals surface area contributed by atoms with Crippen molar-refractivity contribution in [3.8, 4) is 11.5 Å². The zero-order valence-corrected chi connectivity index (χ0v) is 11.3. The van der Waals surface area contributed by atoms with Crippen LogP contribution in [0.25, 0.3) is 11.5 Å². The Morgan fingerprint density at radius 3 is 2.67 bits per heavy atom. The molecule has 21 heavy (non-hydrogen) atoms. The molecule has 1 N–H and O–H groups in total. The molecule has 2 aromatic rings. The van der Waals surface area contributed by atoms with E-state index in [4.69, 9.17) is 4.42 Å². The van der Waals surface area contributed by atoms with Gasteiger partial charge in [0.2, 0.25) is 11.8 Å². The smallest absolute Gasteiger partial charge is 0.397 e. The normalized spacial score (nSPS) is 11.5. The van der Waals surface area contributed by atoms with Crippen LogP contribution in [-0.2, 0) is 4.79 Å². The second kappa shape index (κ2) is 5.55. The van der Waals surface area contributed by atoms with E-state index in [0.29, 0.717) is 17.1 Å². The van der Waals surface area contributed by atoms with Crippen LogP contribution in [0.5, 0.6) is 0 Å². The Morgan fingerprint density at radius 2 is 2.10 bits per heavy atom. The van der Waals surface area contributed by atoms with Crippen LogP contribution >= 0.6 is 0 Å². The second-order valence-electron chi connectivity index (χ2n) is 4.52. The molecule has 2 rings (SSSR count). The summed E-state index contributed by atoms with van der Waals surface area (Å²) in [6.45, 7) is 3.50. The van der Waals surface area contributed by atoms with Crippen molar-refractivity contribution < 1.29 is 22.4 Å². The minimum Gasteiger partial charge on any atom is -0.444 e. The summed E-state index contributed by atoms with van der Waals surface area (Å²) in [5.74, 6) is -0.840. The molecule has 0 fully saturated rings. The fraction of sp³-hybridized carbons (Fsp3) is 0.308. The maximum absolute atomic E-state index is 12.1. The van der Waals surface area contributed by atoms with Gasteiger partial charge in [-0.3, -0.25) is 4.79 Å². The molecular weight excluding hydrogens is 287 g/mol. The monoisotopic (exact) mass is 299 g/mol. The molecule has 2 heterocycles. The lowest BCUT2D eigenvalue weighted by molar-refractivity contribution is -0.150. The van der Waals surface area contributed by atoms with Crippen LogP contribution < -0.4 is 5.32 Å². The highest BCUT2D eigenvalue weighted by atomic mass is 19.4. The number of anilines is 1. The number of rotatable bonds is 3. The molecule has 0 radical (unpaired) electrons. The largest absolute Gasteiger partial charge is 0.444 e. The summed E-state index contributed by atoms with van der Waals surface area (Å²) >= 11 is 0. The second-order valence-corrected chi connectivity index (χ2v) is 4.52. The van der Waals surface area contributed by atoms with Crippen LogP contribution in [0.4, 0.5) is 19.0 Å². The minimum atomic E-state index is -4.56. The fourth-order valence-corrected chi connectivity index (χ4v) is 1.67. The number of nitrogens with one attached hydrogen (secondary N) is 1. The zero-order valence-electron chi connectivity index (χ0n) is 11.3. The number of alkyl halides is 3. The van der Waals surface area contributed by atoms with Crippen LogP contribution in [0, 0.1) is 13.8 Å². The van der Waals surface area contributed by atoms with E-state index in [-0.39, 0.29) is 5.82 Å². The van der Waals surface area contributed by atoms with Gasteiger partial charge in [-0.15, -0.1) is 0 Å². The van der Waals surface area contributed by atoms with Gasteiger partial charge in [-0.05, 0) is 25.5 Å². The Hall–Kier alpha value is -2.38. The number of pyridine rings is 1. The summed E-state index contributed by atoms with van der Waals surface area (Å²) in [5, 5.41) is 2.10. The van der Waals surface area contributed by atoms with Gasteiger partial charge in [0.25, 0.3) is 0 Å². The third-order valence-corrected chi connectivity index (χ3v) is 2.58. The predicted molar refractivity (Wildman–Crippen MR) is 68.5 cm³/mol. The summed E-state index contributed by atoms with van der Waals surface area (Å²) in [4.78, 5) is 19.3. The topological polar surface area (TPSA) is 68.0 Å². The van der Waals surface area contributed by atoms with Gasteiger partial charge in [-0.25, -0.2) is 9.97 Å². The van der Waals surface area contributed by atoms with Crippen LogP contribution in [0.2, 0.25) is 0 Å². The van der Waals surface area contributed by atoms with Crippen LogP contribution in [0.15, 0.2) is 22.9 Å². The SMILES string of the molecule is Cc1coc(-c2cc(NC(=O)CC(F)(F)F)ncc2C)n1. The highest BCUT2D eigenvalue weighted by Gasteiger charge is 2.31. The Bertz CT molecular complexity index is 665. The van der Waals surface area contributed by atoms with Crippen LogP contribution in [-0.4, -0.2) is 22.1 Å². The van der Waals surface area contributed by atoms with Crippen LogP contribution in [0.3, 0.4) is 0 Å². The molecule has 0 aliphatic heterocycles. The lowest BCUT2D eigenvalue weighted by atomic mass is 10.1. The average molecular weight is 299 g/mol. The summed E-state index contributed by atoms with van der Waals surface area (Å²) in [6.07, 6.45) is -3.23. The molecule has 0 aliphatic rings. The number of halogens is 3. The van der Waals surface area contributed by atoms with Gasteiger partial charge >= 0.3 is 6.18 Å². The Labute approximate surface area is 118 Å². The van der Waals surface area contributed by atoms with Gasteiger partial charge in [0.1, 0.15) is 18.5 Å². The predicted octanol–water partition coefficient (Wildman–Crippen LogP) is 3.24. The van der Waals surface area contributed by atoms with Gasteiger partial charge < -0.3 is 9.73 Å². The molecule has 0 bridgehead atoms. The van der Waals surface area contributed by atoms with E-state index in [2.05, 4.69) is 15.3 Å². The van der Waals surface area contributed by atoms with Crippen molar-refractivity contribution in [1.29, 1.82) is 0 Å². The summed E-state index contributed by atoms with van der Waals surface area (Å²) in [7, 11) is 0. The highest BCUT2D eigenvalue weighted by molar-refractivity contribution is 5.90. The fourth-order valence-electron chi connectivity index (χ4n) is 1.67. The Balaban J connectivity index is 2.21. The van der Waals surface area contributed by atoms with E-state index in [1.807, 2.05) is 0 Å². The molecule has 0 saturated carbocycles.